The predicted molar refractivity (Wildman–Crippen MR) is 129 cm³/mol. The number of piperidine rings is 1. The third-order valence-corrected chi connectivity index (χ3v) is 7.53. The second-order valence-corrected chi connectivity index (χ2v) is 9.78. The second-order valence-electron chi connectivity index (χ2n) is 9.39. The van der Waals surface area contributed by atoms with E-state index in [4.69, 9.17) is 11.6 Å². The van der Waals surface area contributed by atoms with Crippen molar-refractivity contribution < 1.29 is 18.0 Å². The van der Waals surface area contributed by atoms with Crippen LogP contribution in [0.1, 0.15) is 35.2 Å². The highest BCUT2D eigenvalue weighted by atomic mass is 35.5. The largest absolute Gasteiger partial charge is 0.331 e. The van der Waals surface area contributed by atoms with Crippen molar-refractivity contribution in [3.05, 3.63) is 94.1 Å². The van der Waals surface area contributed by atoms with Crippen LogP contribution in [0, 0.1) is 17.0 Å². The van der Waals surface area contributed by atoms with Crippen LogP contribution in [0.5, 0.6) is 0 Å². The topological polar surface area (TPSA) is 36.4 Å². The van der Waals surface area contributed by atoms with Gasteiger partial charge in [-0.15, -0.1) is 0 Å². The molecule has 2 saturated heterocycles. The summed E-state index contributed by atoms with van der Waals surface area (Å²) >= 11 is 6.01. The van der Waals surface area contributed by atoms with Crippen LogP contribution in [-0.2, 0) is 0 Å². The fraction of sp³-hybridized carbons (Fsp3) is 0.333. The summed E-state index contributed by atoms with van der Waals surface area (Å²) in [7, 11) is 0. The Balaban J connectivity index is 1.29. The van der Waals surface area contributed by atoms with Crippen LogP contribution in [-0.4, -0.2) is 52.9 Å². The molecule has 0 radical (unpaired) electrons. The minimum Gasteiger partial charge on any atom is -0.331 e. The highest BCUT2D eigenvalue weighted by molar-refractivity contribution is 6.29. The molecule has 0 N–H and O–H groups in total. The molecule has 2 fully saturated rings. The zero-order valence-corrected chi connectivity index (χ0v) is 19.8. The van der Waals surface area contributed by atoms with Crippen molar-refractivity contribution in [2.24, 2.45) is 5.41 Å². The third-order valence-electron chi connectivity index (χ3n) is 7.32. The normalized spacial score (nSPS) is 21.8. The lowest BCUT2D eigenvalue weighted by Gasteiger charge is -2.40. The molecule has 0 saturated carbocycles. The average molecular weight is 500 g/mol. The fourth-order valence-corrected chi connectivity index (χ4v) is 5.65. The predicted octanol–water partition coefficient (Wildman–Crippen LogP) is 5.82. The number of allylic oxidation sites excluding steroid dienone is 2. The average Bonchev–Trinajstić information content (AvgIpc) is 3.14. The minimum atomic E-state index is -0.598. The Kier molecular flexibility index (Phi) is 6.55. The standard InChI is InChI=1S/C27H25ClF3N3O/c28-25-14-19(7-10-32-25)26(35)34-17-27(22-15-20(29)5-6-24(22)34)8-12-33(13-9-27)11-1-2-18-3-4-21(30)16-23(18)31/h1-5,7,10,14-16,24H,6,8-9,11-13,17H2/b2-1+. The van der Waals surface area contributed by atoms with Gasteiger partial charge >= 0.3 is 0 Å². The number of pyridine rings is 1. The number of hydrogen-bond acceptors (Lipinski definition) is 3. The number of hydrogen-bond donors (Lipinski definition) is 0. The number of fused-ring (bicyclic) bond motifs is 2. The summed E-state index contributed by atoms with van der Waals surface area (Å²) < 4.78 is 41.3. The van der Waals surface area contributed by atoms with Gasteiger partial charge in [0.2, 0.25) is 0 Å². The second kappa shape index (κ2) is 9.63. The van der Waals surface area contributed by atoms with E-state index < -0.39 is 11.6 Å². The number of rotatable bonds is 4. The molecule has 35 heavy (non-hydrogen) atoms. The summed E-state index contributed by atoms with van der Waals surface area (Å²) in [6.45, 7) is 2.71. The van der Waals surface area contributed by atoms with Crippen molar-refractivity contribution in [3.63, 3.8) is 0 Å². The van der Waals surface area contributed by atoms with Crippen LogP contribution in [0.25, 0.3) is 6.08 Å². The Morgan fingerprint density at radius 2 is 1.97 bits per heavy atom. The smallest absolute Gasteiger partial charge is 0.254 e. The van der Waals surface area contributed by atoms with Crippen molar-refractivity contribution >= 4 is 23.6 Å². The Hall–Kier alpha value is -2.90. The van der Waals surface area contributed by atoms with Gasteiger partial charge in [-0.3, -0.25) is 9.69 Å². The van der Waals surface area contributed by atoms with E-state index in [0.29, 0.717) is 30.6 Å². The zero-order chi connectivity index (χ0) is 24.6. The van der Waals surface area contributed by atoms with Gasteiger partial charge in [-0.25, -0.2) is 18.2 Å². The molecule has 1 aromatic carbocycles. The Bertz CT molecular complexity index is 1230. The van der Waals surface area contributed by atoms with Gasteiger partial charge in [0.1, 0.15) is 22.6 Å². The van der Waals surface area contributed by atoms with Crippen LogP contribution in [0.3, 0.4) is 0 Å². The zero-order valence-electron chi connectivity index (χ0n) is 19.1. The first-order chi connectivity index (χ1) is 16.8. The summed E-state index contributed by atoms with van der Waals surface area (Å²) in [6.07, 6.45) is 10.3. The molecule has 1 atom stereocenters. The van der Waals surface area contributed by atoms with Gasteiger partial charge in [0.15, 0.2) is 0 Å². The molecule has 1 aliphatic carbocycles. The maximum Gasteiger partial charge on any atom is 0.254 e. The molecule has 3 aliphatic rings. The van der Waals surface area contributed by atoms with Gasteiger partial charge in [0.05, 0.1) is 6.04 Å². The summed E-state index contributed by atoms with van der Waals surface area (Å²) in [5, 5.41) is 0.261. The SMILES string of the molecule is O=C(c1ccnc(Cl)c1)N1CC2(CCN(C/C=C/c3ccc(F)cc3F)CC2)C2=CC(F)=CCC21. The molecular formula is C27H25ClF3N3O. The van der Waals surface area contributed by atoms with Gasteiger partial charge in [0.25, 0.3) is 5.91 Å². The highest BCUT2D eigenvalue weighted by Crippen LogP contribution is 2.50. The van der Waals surface area contributed by atoms with E-state index in [2.05, 4.69) is 9.88 Å². The van der Waals surface area contributed by atoms with Gasteiger partial charge in [-0.1, -0.05) is 23.8 Å². The van der Waals surface area contributed by atoms with Crippen molar-refractivity contribution in [1.29, 1.82) is 0 Å². The van der Waals surface area contributed by atoms with E-state index in [1.807, 2.05) is 11.0 Å². The molecule has 3 heterocycles. The van der Waals surface area contributed by atoms with Crippen molar-refractivity contribution in [3.8, 4) is 0 Å². The number of carbonyl (C=O) groups is 1. The molecule has 0 bridgehead atoms. The number of benzene rings is 1. The lowest BCUT2D eigenvalue weighted by atomic mass is 9.71. The molecule has 4 nitrogen and oxygen atoms in total. The number of aromatic nitrogens is 1. The first-order valence-electron chi connectivity index (χ1n) is 11.7. The number of halogens is 4. The quantitative estimate of drug-likeness (QED) is 0.498. The monoisotopic (exact) mass is 499 g/mol. The molecule has 182 valence electrons. The molecule has 1 unspecified atom stereocenters. The maximum absolute atomic E-state index is 14.3. The fourth-order valence-electron chi connectivity index (χ4n) is 5.47. The number of nitrogens with zero attached hydrogens (tertiary/aromatic N) is 3. The Morgan fingerprint density at radius 3 is 2.71 bits per heavy atom. The van der Waals surface area contributed by atoms with Crippen molar-refractivity contribution in [2.75, 3.05) is 26.2 Å². The molecule has 8 heteroatoms. The minimum absolute atomic E-state index is 0.121. The maximum atomic E-state index is 14.3. The Labute approximate surface area is 207 Å². The molecule has 1 amide bonds. The summed E-state index contributed by atoms with van der Waals surface area (Å²) in [6, 6.07) is 6.59. The first-order valence-corrected chi connectivity index (χ1v) is 12.1. The summed E-state index contributed by atoms with van der Waals surface area (Å²) in [5.74, 6) is -1.55. The van der Waals surface area contributed by atoms with Gasteiger partial charge < -0.3 is 4.90 Å². The van der Waals surface area contributed by atoms with Crippen LogP contribution < -0.4 is 0 Å². The molecular weight excluding hydrogens is 475 g/mol. The van der Waals surface area contributed by atoms with Gasteiger partial charge in [-0.2, -0.15) is 0 Å². The number of amides is 1. The van der Waals surface area contributed by atoms with Crippen LogP contribution >= 0.6 is 11.6 Å². The molecule has 1 spiro atoms. The molecule has 2 aliphatic heterocycles. The molecule has 5 rings (SSSR count). The molecule has 2 aromatic rings. The van der Waals surface area contributed by atoms with E-state index in [0.717, 1.165) is 37.6 Å². The van der Waals surface area contributed by atoms with Crippen LogP contribution in [0.2, 0.25) is 5.15 Å². The van der Waals surface area contributed by atoms with E-state index in [1.54, 1.807) is 30.4 Å². The highest BCUT2D eigenvalue weighted by Gasteiger charge is 2.51. The van der Waals surface area contributed by atoms with E-state index in [-0.39, 0.29) is 28.3 Å². The molecule has 1 aromatic heterocycles. The van der Waals surface area contributed by atoms with E-state index in [1.165, 1.54) is 18.3 Å². The summed E-state index contributed by atoms with van der Waals surface area (Å²) in [4.78, 5) is 21.4. The van der Waals surface area contributed by atoms with Crippen molar-refractivity contribution in [2.45, 2.75) is 25.3 Å². The lowest BCUT2D eigenvalue weighted by molar-refractivity contribution is 0.0693. The van der Waals surface area contributed by atoms with E-state index in [9.17, 15) is 18.0 Å². The van der Waals surface area contributed by atoms with E-state index >= 15 is 0 Å². The van der Waals surface area contributed by atoms with Gasteiger partial charge in [0, 0.05) is 41.9 Å². The van der Waals surface area contributed by atoms with Crippen molar-refractivity contribution in [1.82, 2.24) is 14.8 Å². The third kappa shape index (κ3) is 4.80. The summed E-state index contributed by atoms with van der Waals surface area (Å²) in [5.41, 5.74) is 1.55. The van der Waals surface area contributed by atoms with Crippen LogP contribution in [0.15, 0.2) is 66.2 Å². The Morgan fingerprint density at radius 1 is 1.17 bits per heavy atom. The van der Waals surface area contributed by atoms with Crippen LogP contribution in [0.4, 0.5) is 13.2 Å². The number of carbonyl (C=O) groups excluding carboxylic acids is 1. The number of likely N-dealkylation sites (tertiary alicyclic amines) is 2. The van der Waals surface area contributed by atoms with Gasteiger partial charge in [-0.05, 0) is 74.3 Å². The first kappa shape index (κ1) is 23.8. The lowest BCUT2D eigenvalue weighted by Crippen LogP contribution is -2.42.